The summed E-state index contributed by atoms with van der Waals surface area (Å²) in [7, 11) is 0. The Bertz CT molecular complexity index is 788. The molecule has 1 heterocycles. The normalized spacial score (nSPS) is 36.7. The maximum Gasteiger partial charge on any atom is 0.233 e. The van der Waals surface area contributed by atoms with E-state index in [1.165, 1.54) is 0 Å². The van der Waals surface area contributed by atoms with Gasteiger partial charge in [0, 0.05) is 22.1 Å². The van der Waals surface area contributed by atoms with Crippen molar-refractivity contribution < 1.29 is 14.4 Å². The molecule has 1 saturated heterocycles. The predicted octanol–water partition coefficient (Wildman–Crippen LogP) is 3.98. The Balaban J connectivity index is 1.20. The van der Waals surface area contributed by atoms with Crippen LogP contribution in [0.1, 0.15) is 44.9 Å². The minimum atomic E-state index is -0.0524. The first-order valence-electron chi connectivity index (χ1n) is 10.5. The summed E-state index contributed by atoms with van der Waals surface area (Å²) in [6.45, 7) is 0. The number of benzene rings is 1. The van der Waals surface area contributed by atoms with E-state index in [0.29, 0.717) is 11.8 Å². The van der Waals surface area contributed by atoms with E-state index in [2.05, 4.69) is 21.2 Å². The molecule has 3 amide bonds. The average Bonchev–Trinajstić information content (AvgIpc) is 3.38. The first kappa shape index (κ1) is 18.3. The Morgan fingerprint density at radius 2 is 1.46 bits per heavy atom. The Morgan fingerprint density at radius 3 is 2.04 bits per heavy atom. The average molecular weight is 445 g/mol. The Kier molecular flexibility index (Phi) is 4.57. The second kappa shape index (κ2) is 6.97. The fraction of sp³-hybridized carbons (Fsp3) is 0.591. The van der Waals surface area contributed by atoms with Gasteiger partial charge in [0.2, 0.25) is 17.7 Å². The predicted molar refractivity (Wildman–Crippen MR) is 108 cm³/mol. The van der Waals surface area contributed by atoms with Crippen molar-refractivity contribution in [2.24, 2.45) is 29.6 Å². The zero-order valence-electron chi connectivity index (χ0n) is 15.8. The van der Waals surface area contributed by atoms with Gasteiger partial charge in [0.15, 0.2) is 0 Å². The van der Waals surface area contributed by atoms with Gasteiger partial charge in [0.25, 0.3) is 0 Å². The third kappa shape index (κ3) is 2.92. The first-order valence-corrected chi connectivity index (χ1v) is 11.3. The van der Waals surface area contributed by atoms with Crippen molar-refractivity contribution in [2.45, 2.75) is 51.0 Å². The number of imide groups is 1. The quantitative estimate of drug-likeness (QED) is 0.716. The number of hydrogen-bond donors (Lipinski definition) is 1. The first-order chi connectivity index (χ1) is 13.5. The van der Waals surface area contributed by atoms with Gasteiger partial charge in [-0.1, -0.05) is 15.9 Å². The van der Waals surface area contributed by atoms with E-state index in [4.69, 9.17) is 0 Å². The molecule has 4 fully saturated rings. The second-order valence-electron chi connectivity index (χ2n) is 8.93. The van der Waals surface area contributed by atoms with E-state index >= 15 is 0 Å². The van der Waals surface area contributed by atoms with Crippen LogP contribution in [0.25, 0.3) is 0 Å². The number of fused-ring (bicyclic) bond motifs is 5. The van der Waals surface area contributed by atoms with E-state index in [-0.39, 0.29) is 41.5 Å². The third-order valence-electron chi connectivity index (χ3n) is 7.51. The van der Waals surface area contributed by atoms with Crippen LogP contribution in [0.15, 0.2) is 28.7 Å². The van der Waals surface area contributed by atoms with Crippen molar-refractivity contribution in [3.63, 3.8) is 0 Å². The van der Waals surface area contributed by atoms with Crippen LogP contribution in [0.5, 0.6) is 0 Å². The number of carbonyl (C=O) groups is 3. The summed E-state index contributed by atoms with van der Waals surface area (Å²) in [5, 5.41) is 2.99. The van der Waals surface area contributed by atoms with E-state index in [0.717, 1.165) is 55.1 Å². The number of rotatable bonds is 3. The van der Waals surface area contributed by atoms with E-state index in [1.54, 1.807) is 4.90 Å². The molecule has 148 valence electrons. The van der Waals surface area contributed by atoms with Gasteiger partial charge in [0.1, 0.15) is 0 Å². The van der Waals surface area contributed by atoms with Crippen LogP contribution < -0.4 is 5.32 Å². The monoisotopic (exact) mass is 444 g/mol. The number of hydrogen-bond acceptors (Lipinski definition) is 3. The lowest BCUT2D eigenvalue weighted by molar-refractivity contribution is -0.144. The molecule has 5 rings (SSSR count). The number of nitrogens with zero attached hydrogens (tertiary/aromatic N) is 1. The van der Waals surface area contributed by atoms with Gasteiger partial charge < -0.3 is 5.32 Å². The summed E-state index contributed by atoms with van der Waals surface area (Å²) in [5.74, 6) is 0.955. The Hall–Kier alpha value is -1.69. The number of likely N-dealkylation sites (tertiary alicyclic amines) is 1. The molecule has 0 radical (unpaired) electrons. The molecule has 4 aliphatic rings. The van der Waals surface area contributed by atoms with Crippen LogP contribution in [0, 0.1) is 29.6 Å². The summed E-state index contributed by atoms with van der Waals surface area (Å²) >= 11 is 3.39. The largest absolute Gasteiger partial charge is 0.326 e. The van der Waals surface area contributed by atoms with Gasteiger partial charge >= 0.3 is 0 Å². The third-order valence-corrected chi connectivity index (χ3v) is 8.03. The summed E-state index contributed by atoms with van der Waals surface area (Å²) in [6.07, 6.45) is 6.24. The molecule has 2 bridgehead atoms. The maximum absolute atomic E-state index is 13.0. The van der Waals surface area contributed by atoms with Crippen LogP contribution in [0.4, 0.5) is 5.69 Å². The van der Waals surface area contributed by atoms with Gasteiger partial charge in [-0.15, -0.1) is 0 Å². The van der Waals surface area contributed by atoms with Crippen molar-refractivity contribution >= 4 is 39.3 Å². The lowest BCUT2D eigenvalue weighted by Crippen LogP contribution is -2.44. The van der Waals surface area contributed by atoms with Crippen molar-refractivity contribution in [1.82, 2.24) is 4.90 Å². The highest BCUT2D eigenvalue weighted by Gasteiger charge is 2.61. The maximum atomic E-state index is 13.0. The smallest absolute Gasteiger partial charge is 0.233 e. The van der Waals surface area contributed by atoms with Crippen LogP contribution >= 0.6 is 15.9 Å². The van der Waals surface area contributed by atoms with Crippen LogP contribution in [0.3, 0.4) is 0 Å². The van der Waals surface area contributed by atoms with Crippen molar-refractivity contribution in [3.05, 3.63) is 28.7 Å². The number of amides is 3. The lowest BCUT2D eigenvalue weighted by atomic mass is 9.81. The molecule has 4 atom stereocenters. The fourth-order valence-corrected chi connectivity index (χ4v) is 6.43. The van der Waals surface area contributed by atoms with Gasteiger partial charge in [-0.2, -0.15) is 0 Å². The SMILES string of the molecule is O=C(Nc1ccc(Br)cc1)C1CCC(N2C(=O)[C@@H]3[C@H]4CC[C@@H](C4)[C@@H]3C2=O)CC1. The van der Waals surface area contributed by atoms with Gasteiger partial charge in [-0.05, 0) is 81.0 Å². The molecular weight excluding hydrogens is 420 g/mol. The highest BCUT2D eigenvalue weighted by molar-refractivity contribution is 9.10. The lowest BCUT2D eigenvalue weighted by Gasteiger charge is -2.33. The van der Waals surface area contributed by atoms with E-state index in [9.17, 15) is 14.4 Å². The number of halogens is 1. The van der Waals surface area contributed by atoms with Gasteiger partial charge in [-0.25, -0.2) is 0 Å². The molecule has 5 nitrogen and oxygen atoms in total. The van der Waals surface area contributed by atoms with E-state index in [1.807, 2.05) is 24.3 Å². The minimum Gasteiger partial charge on any atom is -0.326 e. The molecule has 0 unspecified atom stereocenters. The topological polar surface area (TPSA) is 66.5 Å². The fourth-order valence-electron chi connectivity index (χ4n) is 6.17. The number of carbonyl (C=O) groups excluding carboxylic acids is 3. The van der Waals surface area contributed by atoms with Crippen LogP contribution in [-0.2, 0) is 14.4 Å². The van der Waals surface area contributed by atoms with Crippen LogP contribution in [0.2, 0.25) is 0 Å². The molecule has 1 aromatic carbocycles. The minimum absolute atomic E-state index is 0.0123. The highest BCUT2D eigenvalue weighted by atomic mass is 79.9. The molecule has 6 heteroatoms. The van der Waals surface area contributed by atoms with E-state index < -0.39 is 0 Å². The van der Waals surface area contributed by atoms with Crippen LogP contribution in [-0.4, -0.2) is 28.7 Å². The summed E-state index contributed by atoms with van der Waals surface area (Å²) in [6, 6.07) is 7.55. The molecule has 3 saturated carbocycles. The zero-order chi connectivity index (χ0) is 19.4. The summed E-state index contributed by atoms with van der Waals surface area (Å²) in [5.41, 5.74) is 0.795. The Morgan fingerprint density at radius 1 is 0.893 bits per heavy atom. The molecule has 0 spiro atoms. The molecule has 28 heavy (non-hydrogen) atoms. The Labute approximate surface area is 173 Å². The summed E-state index contributed by atoms with van der Waals surface area (Å²) < 4.78 is 0.976. The molecular formula is C22H25BrN2O3. The zero-order valence-corrected chi connectivity index (χ0v) is 17.4. The molecule has 1 N–H and O–H groups in total. The molecule has 1 aromatic rings. The van der Waals surface area contributed by atoms with Crippen molar-refractivity contribution in [1.29, 1.82) is 0 Å². The van der Waals surface area contributed by atoms with Crippen molar-refractivity contribution in [3.8, 4) is 0 Å². The van der Waals surface area contributed by atoms with Crippen molar-refractivity contribution in [2.75, 3.05) is 5.32 Å². The second-order valence-corrected chi connectivity index (χ2v) is 9.85. The highest BCUT2D eigenvalue weighted by Crippen LogP contribution is 2.56. The van der Waals surface area contributed by atoms with Gasteiger partial charge in [-0.3, -0.25) is 19.3 Å². The standard InChI is InChI=1S/C22H25BrN2O3/c23-15-5-7-16(8-6-15)24-20(26)12-3-9-17(10-4-12)25-21(27)18-13-1-2-14(11-13)19(18)22(25)28/h5-8,12-14,17-19H,1-4,9-11H2,(H,24,26)/t12?,13-,14-,17?,18-,19+/m0/s1. The molecule has 3 aliphatic carbocycles. The molecule has 0 aromatic heterocycles. The number of nitrogens with one attached hydrogen (secondary N) is 1. The summed E-state index contributed by atoms with van der Waals surface area (Å²) in [4.78, 5) is 40.2. The molecule has 1 aliphatic heterocycles. The number of anilines is 1. The van der Waals surface area contributed by atoms with Gasteiger partial charge in [0.05, 0.1) is 11.8 Å².